The number of likely N-dealkylation sites (N-methyl/N-ethyl adjacent to an activating group) is 1. The van der Waals surface area contributed by atoms with Crippen LogP contribution in [-0.4, -0.2) is 47.9 Å². The number of non-ortho nitro benzene ring substituents is 1. The summed E-state index contributed by atoms with van der Waals surface area (Å²) in [5, 5.41) is 12.1. The molecule has 160 valence electrons. The molecule has 0 spiro atoms. The van der Waals surface area contributed by atoms with Crippen molar-refractivity contribution in [1.29, 1.82) is 0 Å². The van der Waals surface area contributed by atoms with Gasteiger partial charge in [-0.3, -0.25) is 19.8 Å². The first kappa shape index (κ1) is 24.0. The molecule has 0 N–H and O–H groups in total. The fraction of sp³-hybridized carbons (Fsp3) is 0.300. The number of aryl methyl sites for hydroxylation is 1. The van der Waals surface area contributed by atoms with Crippen LogP contribution in [0.4, 0.5) is 10.8 Å². The summed E-state index contributed by atoms with van der Waals surface area (Å²) < 4.78 is 0.933. The lowest BCUT2D eigenvalue weighted by Gasteiger charge is -2.22. The molecule has 0 saturated carbocycles. The van der Waals surface area contributed by atoms with Crippen molar-refractivity contribution in [2.75, 3.05) is 32.1 Å². The Labute approximate surface area is 189 Å². The number of carbonyl (C=O) groups excluding carboxylic acids is 1. The van der Waals surface area contributed by atoms with E-state index in [4.69, 9.17) is 11.6 Å². The molecule has 1 aromatic heterocycles. The maximum absolute atomic E-state index is 13.1. The third kappa shape index (κ3) is 5.66. The van der Waals surface area contributed by atoms with Gasteiger partial charge in [-0.15, -0.1) is 12.4 Å². The van der Waals surface area contributed by atoms with E-state index >= 15 is 0 Å². The van der Waals surface area contributed by atoms with E-state index in [9.17, 15) is 14.9 Å². The number of carbonyl (C=O) groups is 1. The van der Waals surface area contributed by atoms with Crippen molar-refractivity contribution < 1.29 is 9.72 Å². The number of hydrogen-bond acceptors (Lipinski definition) is 6. The average Bonchev–Trinajstić information content (AvgIpc) is 3.06. The molecular formula is C20H22Cl2N4O3S. The third-order valence-electron chi connectivity index (χ3n) is 4.44. The molecule has 0 saturated heterocycles. The quantitative estimate of drug-likeness (QED) is 0.369. The van der Waals surface area contributed by atoms with Gasteiger partial charge in [-0.05, 0) is 44.3 Å². The molecule has 0 unspecified atom stereocenters. The number of thiazole rings is 1. The summed E-state index contributed by atoms with van der Waals surface area (Å²) in [5.74, 6) is -0.108. The molecule has 10 heteroatoms. The van der Waals surface area contributed by atoms with E-state index in [1.165, 1.54) is 23.5 Å². The summed E-state index contributed by atoms with van der Waals surface area (Å²) in [5.41, 5.74) is 2.53. The normalized spacial score (nSPS) is 10.8. The van der Waals surface area contributed by atoms with Crippen LogP contribution >= 0.6 is 35.3 Å². The Morgan fingerprint density at radius 1 is 1.20 bits per heavy atom. The summed E-state index contributed by atoms with van der Waals surface area (Å²) in [6.07, 6.45) is 0.140. The van der Waals surface area contributed by atoms with Crippen LogP contribution in [0.1, 0.15) is 11.1 Å². The lowest BCUT2D eigenvalue weighted by atomic mass is 10.1. The van der Waals surface area contributed by atoms with E-state index in [2.05, 4.69) is 4.98 Å². The molecule has 0 aliphatic carbocycles. The number of halogens is 2. The Balaban J connectivity index is 0.00000320. The Kier molecular flexibility index (Phi) is 8.14. The first-order chi connectivity index (χ1) is 13.7. The minimum Gasteiger partial charge on any atom is -0.308 e. The molecule has 1 heterocycles. The van der Waals surface area contributed by atoms with E-state index in [1.807, 2.05) is 38.1 Å². The topological polar surface area (TPSA) is 79.6 Å². The van der Waals surface area contributed by atoms with Gasteiger partial charge in [0.15, 0.2) is 5.13 Å². The lowest BCUT2D eigenvalue weighted by molar-refractivity contribution is -0.384. The predicted molar refractivity (Wildman–Crippen MR) is 124 cm³/mol. The molecule has 0 bridgehead atoms. The van der Waals surface area contributed by atoms with Gasteiger partial charge in [-0.2, -0.15) is 0 Å². The summed E-state index contributed by atoms with van der Waals surface area (Å²) in [7, 11) is 3.89. The number of nitro groups is 1. The maximum Gasteiger partial charge on any atom is 0.269 e. The first-order valence-electron chi connectivity index (χ1n) is 8.99. The minimum atomic E-state index is -0.455. The van der Waals surface area contributed by atoms with Crippen molar-refractivity contribution in [2.45, 2.75) is 13.3 Å². The number of aromatic nitrogens is 1. The summed E-state index contributed by atoms with van der Waals surface area (Å²) in [4.78, 5) is 31.8. The van der Waals surface area contributed by atoms with Crippen LogP contribution in [0, 0.1) is 17.0 Å². The molecule has 0 radical (unpaired) electrons. The van der Waals surface area contributed by atoms with E-state index in [0.717, 1.165) is 21.3 Å². The third-order valence-corrected chi connectivity index (χ3v) is 5.69. The van der Waals surface area contributed by atoms with E-state index in [0.29, 0.717) is 23.2 Å². The van der Waals surface area contributed by atoms with Crippen molar-refractivity contribution in [3.05, 3.63) is 62.7 Å². The maximum atomic E-state index is 13.1. The first-order valence-corrected chi connectivity index (χ1v) is 10.2. The number of rotatable bonds is 7. The second-order valence-electron chi connectivity index (χ2n) is 7.01. The molecule has 7 nitrogen and oxygen atoms in total. The molecule has 1 amide bonds. The molecule has 0 aliphatic rings. The second-order valence-corrected chi connectivity index (χ2v) is 8.46. The number of benzene rings is 2. The smallest absolute Gasteiger partial charge is 0.269 e. The Morgan fingerprint density at radius 3 is 2.47 bits per heavy atom. The van der Waals surface area contributed by atoms with Crippen LogP contribution in [0.2, 0.25) is 5.02 Å². The highest BCUT2D eigenvalue weighted by Gasteiger charge is 2.21. The van der Waals surface area contributed by atoms with Crippen molar-refractivity contribution in [3.8, 4) is 0 Å². The SMILES string of the molecule is Cc1cc(Cl)cc2sc(N(CCN(C)C)C(=O)Cc3ccc([N+](=O)[O-])cc3)nc12.Cl. The molecular weight excluding hydrogens is 447 g/mol. The average molecular weight is 469 g/mol. The van der Waals surface area contributed by atoms with Gasteiger partial charge in [0.2, 0.25) is 5.91 Å². The monoisotopic (exact) mass is 468 g/mol. The molecule has 2 aromatic carbocycles. The zero-order chi connectivity index (χ0) is 21.1. The van der Waals surface area contributed by atoms with Crippen LogP contribution < -0.4 is 4.90 Å². The summed E-state index contributed by atoms with van der Waals surface area (Å²) in [6, 6.07) is 9.77. The molecule has 30 heavy (non-hydrogen) atoms. The van der Waals surface area contributed by atoms with Gasteiger partial charge in [0, 0.05) is 30.2 Å². The number of nitro benzene ring substituents is 1. The fourth-order valence-electron chi connectivity index (χ4n) is 2.89. The lowest BCUT2D eigenvalue weighted by Crippen LogP contribution is -2.37. The standard InChI is InChI=1S/C20H21ClN4O3S.ClH/c1-13-10-15(21)12-17-19(13)22-20(29-17)24(9-8-23(2)3)18(26)11-14-4-6-16(7-5-14)25(27)28;/h4-7,10,12H,8-9,11H2,1-3H3;1H. The van der Waals surface area contributed by atoms with Crippen LogP contribution in [0.25, 0.3) is 10.2 Å². The zero-order valence-corrected chi connectivity index (χ0v) is 19.2. The van der Waals surface area contributed by atoms with Crippen molar-refractivity contribution in [2.24, 2.45) is 0 Å². The van der Waals surface area contributed by atoms with Crippen molar-refractivity contribution in [3.63, 3.8) is 0 Å². The predicted octanol–water partition coefficient (Wildman–Crippen LogP) is 4.73. The highest BCUT2D eigenvalue weighted by molar-refractivity contribution is 7.22. The van der Waals surface area contributed by atoms with Gasteiger partial charge in [0.05, 0.1) is 21.6 Å². The Bertz CT molecular complexity index is 1050. The van der Waals surface area contributed by atoms with Gasteiger partial charge in [-0.1, -0.05) is 35.1 Å². The number of anilines is 1. The summed E-state index contributed by atoms with van der Waals surface area (Å²) in [6.45, 7) is 3.12. The molecule has 3 rings (SSSR count). The van der Waals surface area contributed by atoms with Gasteiger partial charge in [-0.25, -0.2) is 4.98 Å². The Hall–Kier alpha value is -2.26. The molecule has 0 aliphatic heterocycles. The van der Waals surface area contributed by atoms with Crippen LogP contribution in [-0.2, 0) is 11.2 Å². The van der Waals surface area contributed by atoms with Gasteiger partial charge in [0.1, 0.15) is 0 Å². The van der Waals surface area contributed by atoms with Crippen LogP contribution in [0.5, 0.6) is 0 Å². The van der Waals surface area contributed by atoms with Gasteiger partial charge < -0.3 is 4.90 Å². The van der Waals surface area contributed by atoms with Gasteiger partial charge >= 0.3 is 0 Å². The van der Waals surface area contributed by atoms with Gasteiger partial charge in [0.25, 0.3) is 5.69 Å². The largest absolute Gasteiger partial charge is 0.308 e. The number of nitrogens with zero attached hydrogens (tertiary/aromatic N) is 4. The highest BCUT2D eigenvalue weighted by atomic mass is 35.5. The number of amides is 1. The fourth-order valence-corrected chi connectivity index (χ4v) is 4.35. The highest BCUT2D eigenvalue weighted by Crippen LogP contribution is 2.33. The van der Waals surface area contributed by atoms with E-state index in [-0.39, 0.29) is 30.4 Å². The molecule has 0 fully saturated rings. The summed E-state index contributed by atoms with van der Waals surface area (Å²) >= 11 is 7.60. The van der Waals surface area contributed by atoms with E-state index in [1.54, 1.807) is 17.0 Å². The minimum absolute atomic E-state index is 0. The Morgan fingerprint density at radius 2 is 1.87 bits per heavy atom. The van der Waals surface area contributed by atoms with Crippen molar-refractivity contribution in [1.82, 2.24) is 9.88 Å². The van der Waals surface area contributed by atoms with Crippen molar-refractivity contribution >= 4 is 62.3 Å². The second kappa shape index (κ2) is 10.2. The van der Waals surface area contributed by atoms with Crippen LogP contribution in [0.3, 0.4) is 0 Å². The van der Waals surface area contributed by atoms with E-state index < -0.39 is 4.92 Å². The number of hydrogen-bond donors (Lipinski definition) is 0. The number of fused-ring (bicyclic) bond motifs is 1. The molecule has 0 atom stereocenters. The molecule has 3 aromatic rings. The zero-order valence-electron chi connectivity index (χ0n) is 16.8. The van der Waals surface area contributed by atoms with Crippen LogP contribution in [0.15, 0.2) is 36.4 Å².